The summed E-state index contributed by atoms with van der Waals surface area (Å²) in [7, 11) is 0. The molecule has 0 heterocycles. The van der Waals surface area contributed by atoms with Gasteiger partial charge in [0.2, 0.25) is 0 Å². The predicted molar refractivity (Wildman–Crippen MR) is 74.2 cm³/mol. The van der Waals surface area contributed by atoms with E-state index in [9.17, 15) is 0 Å². The summed E-state index contributed by atoms with van der Waals surface area (Å²) in [6, 6.07) is 6.55. The normalized spacial score (nSPS) is 29.3. The molecule has 0 aromatic heterocycles. The van der Waals surface area contributed by atoms with E-state index < -0.39 is 0 Å². The zero-order chi connectivity index (χ0) is 12.5. The Labute approximate surface area is 105 Å². The summed E-state index contributed by atoms with van der Waals surface area (Å²) < 4.78 is 0. The number of rotatable bonds is 2. The Morgan fingerprint density at radius 3 is 2.53 bits per heavy atom. The third-order valence-electron chi connectivity index (χ3n) is 4.30. The van der Waals surface area contributed by atoms with E-state index >= 15 is 0 Å². The molecule has 1 heteroatoms. The van der Waals surface area contributed by atoms with Gasteiger partial charge in [0.05, 0.1) is 0 Å². The smallest absolute Gasteiger partial charge is 0.0197 e. The summed E-state index contributed by atoms with van der Waals surface area (Å²) in [4.78, 5) is 0. The fourth-order valence-electron chi connectivity index (χ4n) is 3.34. The minimum Gasteiger partial charge on any atom is -0.325 e. The first kappa shape index (κ1) is 12.6. The van der Waals surface area contributed by atoms with Crippen molar-refractivity contribution in [1.82, 2.24) is 0 Å². The molecule has 17 heavy (non-hydrogen) atoms. The number of hydrogen-bond donors (Lipinski definition) is 1. The van der Waals surface area contributed by atoms with Crippen molar-refractivity contribution in [2.45, 2.75) is 58.4 Å². The Bertz CT molecular complexity index is 376. The van der Waals surface area contributed by atoms with Crippen LogP contribution in [0.4, 0.5) is 0 Å². The van der Waals surface area contributed by atoms with E-state index in [1.165, 1.54) is 42.4 Å². The first-order valence-corrected chi connectivity index (χ1v) is 6.84. The summed E-state index contributed by atoms with van der Waals surface area (Å²) in [5.41, 5.74) is 10.9. The fraction of sp³-hybridized carbons (Fsp3) is 0.625. The zero-order valence-corrected chi connectivity index (χ0v) is 11.4. The van der Waals surface area contributed by atoms with Gasteiger partial charge in [-0.15, -0.1) is 0 Å². The van der Waals surface area contributed by atoms with Gasteiger partial charge in [0.15, 0.2) is 0 Å². The molecule has 0 saturated heterocycles. The quantitative estimate of drug-likeness (QED) is 0.824. The lowest BCUT2D eigenvalue weighted by Crippen LogP contribution is -2.46. The molecule has 1 saturated carbocycles. The maximum atomic E-state index is 6.62. The number of nitrogens with two attached hydrogens (primary N) is 1. The van der Waals surface area contributed by atoms with Crippen LogP contribution in [0.1, 0.15) is 49.3 Å². The molecule has 1 fully saturated rings. The van der Waals surface area contributed by atoms with E-state index in [-0.39, 0.29) is 5.54 Å². The highest BCUT2D eigenvalue weighted by molar-refractivity contribution is 5.35. The summed E-state index contributed by atoms with van der Waals surface area (Å²) >= 11 is 0. The largest absolute Gasteiger partial charge is 0.325 e. The van der Waals surface area contributed by atoms with Gasteiger partial charge in [-0.25, -0.2) is 0 Å². The van der Waals surface area contributed by atoms with Crippen LogP contribution in [0.2, 0.25) is 0 Å². The van der Waals surface area contributed by atoms with E-state index in [1.807, 2.05) is 0 Å². The van der Waals surface area contributed by atoms with Gasteiger partial charge < -0.3 is 5.73 Å². The Morgan fingerprint density at radius 2 is 1.94 bits per heavy atom. The second kappa shape index (κ2) is 4.81. The Balaban J connectivity index is 2.19. The molecular weight excluding hydrogens is 206 g/mol. The molecule has 0 amide bonds. The fourth-order valence-corrected chi connectivity index (χ4v) is 3.34. The maximum absolute atomic E-state index is 6.62. The van der Waals surface area contributed by atoms with E-state index in [0.717, 1.165) is 12.3 Å². The predicted octanol–water partition coefficient (Wildman–Crippen LogP) is 3.75. The molecule has 94 valence electrons. The molecular formula is C16H25N. The van der Waals surface area contributed by atoms with Gasteiger partial charge in [0.25, 0.3) is 0 Å². The van der Waals surface area contributed by atoms with Crippen LogP contribution in [-0.4, -0.2) is 5.54 Å². The van der Waals surface area contributed by atoms with Gasteiger partial charge in [-0.05, 0) is 55.7 Å². The lowest BCUT2D eigenvalue weighted by atomic mass is 9.73. The van der Waals surface area contributed by atoms with Crippen molar-refractivity contribution < 1.29 is 0 Å². The third-order valence-corrected chi connectivity index (χ3v) is 4.30. The van der Waals surface area contributed by atoms with Crippen LogP contribution < -0.4 is 5.73 Å². The monoisotopic (exact) mass is 231 g/mol. The minimum absolute atomic E-state index is 0.0363. The highest BCUT2D eigenvalue weighted by atomic mass is 14.7. The van der Waals surface area contributed by atoms with Gasteiger partial charge in [0.1, 0.15) is 0 Å². The molecule has 2 N–H and O–H groups in total. The molecule has 2 atom stereocenters. The highest BCUT2D eigenvalue weighted by Crippen LogP contribution is 2.34. The molecule has 1 aromatic rings. The van der Waals surface area contributed by atoms with E-state index in [4.69, 9.17) is 5.73 Å². The SMILES string of the molecule is Cc1cccc(C)c1CC1(N)CCCC(C)C1. The van der Waals surface area contributed by atoms with Gasteiger partial charge in [0, 0.05) is 5.54 Å². The van der Waals surface area contributed by atoms with Crippen molar-refractivity contribution in [2.75, 3.05) is 0 Å². The summed E-state index contributed by atoms with van der Waals surface area (Å²) in [5.74, 6) is 0.790. The Kier molecular flexibility index (Phi) is 3.58. The molecule has 0 spiro atoms. The maximum Gasteiger partial charge on any atom is 0.0197 e. The van der Waals surface area contributed by atoms with E-state index in [1.54, 1.807) is 0 Å². The Morgan fingerprint density at radius 1 is 1.29 bits per heavy atom. The molecule has 0 aliphatic heterocycles. The number of hydrogen-bond acceptors (Lipinski definition) is 1. The van der Waals surface area contributed by atoms with Crippen molar-refractivity contribution in [3.05, 3.63) is 34.9 Å². The van der Waals surface area contributed by atoms with Crippen molar-refractivity contribution in [3.8, 4) is 0 Å². The summed E-state index contributed by atoms with van der Waals surface area (Å²) in [5, 5.41) is 0. The average molecular weight is 231 g/mol. The first-order valence-electron chi connectivity index (χ1n) is 6.84. The van der Waals surface area contributed by atoms with Gasteiger partial charge in [-0.2, -0.15) is 0 Å². The molecule has 2 unspecified atom stereocenters. The van der Waals surface area contributed by atoms with Crippen molar-refractivity contribution in [2.24, 2.45) is 11.7 Å². The van der Waals surface area contributed by atoms with Crippen LogP contribution in [0.25, 0.3) is 0 Å². The van der Waals surface area contributed by atoms with Crippen LogP contribution in [0, 0.1) is 19.8 Å². The van der Waals surface area contributed by atoms with E-state index in [2.05, 4.69) is 39.0 Å². The van der Waals surface area contributed by atoms with Crippen LogP contribution in [0.15, 0.2) is 18.2 Å². The first-order chi connectivity index (χ1) is 8.00. The van der Waals surface area contributed by atoms with Gasteiger partial charge >= 0.3 is 0 Å². The lowest BCUT2D eigenvalue weighted by Gasteiger charge is -2.37. The molecule has 1 nitrogen and oxygen atoms in total. The van der Waals surface area contributed by atoms with Gasteiger partial charge in [-0.1, -0.05) is 38.0 Å². The third kappa shape index (κ3) is 2.90. The molecule has 0 radical (unpaired) electrons. The summed E-state index contributed by atoms with van der Waals surface area (Å²) in [6.45, 7) is 6.75. The standard InChI is InChI=1S/C16H25N/c1-12-6-5-9-16(17,10-12)11-15-13(2)7-4-8-14(15)3/h4,7-8,12H,5-6,9-11,17H2,1-3H3. The number of benzene rings is 1. The minimum atomic E-state index is 0.0363. The van der Waals surface area contributed by atoms with Crippen molar-refractivity contribution in [1.29, 1.82) is 0 Å². The zero-order valence-electron chi connectivity index (χ0n) is 11.4. The second-order valence-electron chi connectivity index (χ2n) is 6.11. The van der Waals surface area contributed by atoms with Crippen molar-refractivity contribution >= 4 is 0 Å². The number of aryl methyl sites for hydroxylation is 2. The molecule has 1 aliphatic rings. The topological polar surface area (TPSA) is 26.0 Å². The van der Waals surface area contributed by atoms with E-state index in [0.29, 0.717) is 0 Å². The van der Waals surface area contributed by atoms with Crippen LogP contribution in [-0.2, 0) is 6.42 Å². The summed E-state index contributed by atoms with van der Waals surface area (Å²) in [6.07, 6.45) is 6.07. The molecule has 1 aromatic carbocycles. The van der Waals surface area contributed by atoms with Crippen LogP contribution in [0.3, 0.4) is 0 Å². The van der Waals surface area contributed by atoms with Gasteiger partial charge in [-0.3, -0.25) is 0 Å². The van der Waals surface area contributed by atoms with Crippen LogP contribution in [0.5, 0.6) is 0 Å². The van der Waals surface area contributed by atoms with Crippen molar-refractivity contribution in [3.63, 3.8) is 0 Å². The molecule has 0 bridgehead atoms. The molecule has 2 rings (SSSR count). The lowest BCUT2D eigenvalue weighted by molar-refractivity contribution is 0.235. The highest BCUT2D eigenvalue weighted by Gasteiger charge is 2.31. The Hall–Kier alpha value is -0.820. The average Bonchev–Trinajstić information content (AvgIpc) is 2.23. The van der Waals surface area contributed by atoms with Crippen LogP contribution >= 0.6 is 0 Å². The molecule has 1 aliphatic carbocycles. The second-order valence-corrected chi connectivity index (χ2v) is 6.11.